The van der Waals surface area contributed by atoms with Gasteiger partial charge in [-0.3, -0.25) is 9.69 Å². The number of ether oxygens (including phenoxy) is 1. The summed E-state index contributed by atoms with van der Waals surface area (Å²) in [6.07, 6.45) is 1.20. The molecule has 30 heavy (non-hydrogen) atoms. The normalized spacial score (nSPS) is 17.7. The zero-order valence-electron chi connectivity index (χ0n) is 18.6. The van der Waals surface area contributed by atoms with E-state index in [0.717, 1.165) is 24.2 Å². The second kappa shape index (κ2) is 8.90. The lowest BCUT2D eigenvalue weighted by atomic mass is 9.97. The summed E-state index contributed by atoms with van der Waals surface area (Å²) in [6, 6.07) is 18.1. The molecule has 1 heterocycles. The Labute approximate surface area is 179 Å². The second-order valence-electron chi connectivity index (χ2n) is 8.95. The zero-order chi connectivity index (χ0) is 21.9. The van der Waals surface area contributed by atoms with Gasteiger partial charge in [-0.25, -0.2) is 4.79 Å². The monoisotopic (exact) mass is 408 g/mol. The molecule has 1 aliphatic rings. The van der Waals surface area contributed by atoms with Crippen LogP contribution < -0.4 is 4.90 Å². The van der Waals surface area contributed by atoms with Crippen LogP contribution in [-0.2, 0) is 16.0 Å². The molecule has 0 aromatic heterocycles. The predicted octanol–water partition coefficient (Wildman–Crippen LogP) is 5.21. The van der Waals surface area contributed by atoms with Gasteiger partial charge in [0.25, 0.3) is 0 Å². The van der Waals surface area contributed by atoms with E-state index in [1.165, 1.54) is 12.7 Å². The quantitative estimate of drug-likeness (QED) is 0.682. The van der Waals surface area contributed by atoms with E-state index < -0.39 is 5.54 Å². The number of hydrogen-bond donors (Lipinski definition) is 0. The number of anilines is 1. The molecular formula is C25H32N2O3. The van der Waals surface area contributed by atoms with Crippen LogP contribution in [0.15, 0.2) is 54.6 Å². The van der Waals surface area contributed by atoms with Gasteiger partial charge < -0.3 is 9.64 Å². The van der Waals surface area contributed by atoms with Crippen LogP contribution in [0.3, 0.4) is 0 Å². The van der Waals surface area contributed by atoms with Crippen molar-refractivity contribution in [2.45, 2.75) is 52.1 Å². The van der Waals surface area contributed by atoms with Crippen molar-refractivity contribution in [3.63, 3.8) is 0 Å². The Morgan fingerprint density at radius 2 is 1.77 bits per heavy atom. The summed E-state index contributed by atoms with van der Waals surface area (Å²) in [4.78, 5) is 28.9. The fourth-order valence-electron chi connectivity index (χ4n) is 4.17. The summed E-state index contributed by atoms with van der Waals surface area (Å²) in [5.41, 5.74) is 2.66. The van der Waals surface area contributed by atoms with Crippen LogP contribution in [0.1, 0.15) is 51.3 Å². The number of methoxy groups -OCH3 is 1. The van der Waals surface area contributed by atoms with Crippen molar-refractivity contribution in [3.05, 3.63) is 65.7 Å². The highest BCUT2D eigenvalue weighted by Gasteiger charge is 2.35. The van der Waals surface area contributed by atoms with Crippen molar-refractivity contribution < 1.29 is 14.3 Å². The van der Waals surface area contributed by atoms with Gasteiger partial charge in [0.1, 0.15) is 0 Å². The molecule has 1 aliphatic heterocycles. The Balaban J connectivity index is 1.69. The molecule has 5 nitrogen and oxygen atoms in total. The molecule has 0 saturated carbocycles. The first-order valence-corrected chi connectivity index (χ1v) is 10.5. The van der Waals surface area contributed by atoms with Gasteiger partial charge >= 0.3 is 6.09 Å². The molecule has 5 heteroatoms. The van der Waals surface area contributed by atoms with Gasteiger partial charge in [0, 0.05) is 23.7 Å². The lowest BCUT2D eigenvalue weighted by Crippen LogP contribution is -2.45. The van der Waals surface area contributed by atoms with Gasteiger partial charge in [-0.05, 0) is 63.8 Å². The summed E-state index contributed by atoms with van der Waals surface area (Å²) in [7, 11) is 1.39. The van der Waals surface area contributed by atoms with E-state index in [0.29, 0.717) is 6.42 Å². The number of likely N-dealkylation sites (tertiary alicyclic amines) is 1. The first kappa shape index (κ1) is 21.9. The molecule has 3 rings (SSSR count). The molecule has 0 N–H and O–H groups in total. The molecule has 1 unspecified atom stereocenters. The molecule has 2 aromatic rings. The van der Waals surface area contributed by atoms with Gasteiger partial charge in [0.2, 0.25) is 5.91 Å². The van der Waals surface area contributed by atoms with Crippen LogP contribution in [0, 0.1) is 5.92 Å². The minimum Gasteiger partial charge on any atom is -0.452 e. The van der Waals surface area contributed by atoms with Crippen molar-refractivity contribution in [3.8, 4) is 0 Å². The van der Waals surface area contributed by atoms with Crippen molar-refractivity contribution in [1.82, 2.24) is 4.90 Å². The molecule has 2 amide bonds. The molecule has 0 radical (unpaired) electrons. The fourth-order valence-corrected chi connectivity index (χ4v) is 4.17. The average molecular weight is 409 g/mol. The van der Waals surface area contributed by atoms with Gasteiger partial charge in [-0.2, -0.15) is 0 Å². The maximum atomic E-state index is 13.0. The van der Waals surface area contributed by atoms with Gasteiger partial charge in [0.15, 0.2) is 0 Å². The highest BCUT2D eigenvalue weighted by atomic mass is 16.5. The maximum Gasteiger partial charge on any atom is 0.414 e. The standard InChI is InChI=1S/C25H32N2O3/c1-18(20-9-7-6-8-10-20)26-16-15-21(23(26)28)17-19-11-13-22(14-12-19)27(24(29)30-5)25(2,3)4/h6-14,18,21H,15-17H2,1-5H3/t18-,21?/m1/s1. The number of nitrogens with zero attached hydrogens (tertiary/aromatic N) is 2. The van der Waals surface area contributed by atoms with E-state index >= 15 is 0 Å². The largest absolute Gasteiger partial charge is 0.452 e. The molecule has 2 aromatic carbocycles. The Kier molecular flexibility index (Phi) is 6.49. The van der Waals surface area contributed by atoms with Gasteiger partial charge in [-0.1, -0.05) is 42.5 Å². The van der Waals surface area contributed by atoms with Crippen molar-refractivity contribution >= 4 is 17.7 Å². The van der Waals surface area contributed by atoms with Crippen LogP contribution in [0.4, 0.5) is 10.5 Å². The molecule has 0 aliphatic carbocycles. The van der Waals surface area contributed by atoms with E-state index in [1.807, 2.05) is 68.1 Å². The number of amides is 2. The van der Waals surface area contributed by atoms with E-state index in [-0.39, 0.29) is 24.0 Å². The van der Waals surface area contributed by atoms with Crippen molar-refractivity contribution in [2.75, 3.05) is 18.6 Å². The number of carbonyl (C=O) groups is 2. The highest BCUT2D eigenvalue weighted by Crippen LogP contribution is 2.31. The SMILES string of the molecule is COC(=O)N(c1ccc(CC2CCN([C@H](C)c3ccccc3)C2=O)cc1)C(C)(C)C. The molecule has 0 bridgehead atoms. The minimum atomic E-state index is -0.399. The Morgan fingerprint density at radius 1 is 1.13 bits per heavy atom. The molecule has 2 atom stereocenters. The van der Waals surface area contributed by atoms with Gasteiger partial charge in [0.05, 0.1) is 13.2 Å². The summed E-state index contributed by atoms with van der Waals surface area (Å²) in [5.74, 6) is 0.225. The van der Waals surface area contributed by atoms with Crippen LogP contribution in [0.25, 0.3) is 0 Å². The summed E-state index contributed by atoms with van der Waals surface area (Å²) in [6.45, 7) is 8.79. The second-order valence-corrected chi connectivity index (χ2v) is 8.95. The predicted molar refractivity (Wildman–Crippen MR) is 119 cm³/mol. The Bertz CT molecular complexity index is 872. The third kappa shape index (κ3) is 4.66. The van der Waals surface area contributed by atoms with Crippen LogP contribution in [0.5, 0.6) is 0 Å². The molecule has 1 fully saturated rings. The molecule has 1 saturated heterocycles. The average Bonchev–Trinajstić information content (AvgIpc) is 3.08. The first-order chi connectivity index (χ1) is 14.2. The fraction of sp³-hybridized carbons (Fsp3) is 0.440. The van der Waals surface area contributed by atoms with Crippen molar-refractivity contribution in [2.24, 2.45) is 5.92 Å². The number of rotatable bonds is 5. The maximum absolute atomic E-state index is 13.0. The smallest absolute Gasteiger partial charge is 0.414 e. The van der Waals surface area contributed by atoms with Crippen LogP contribution in [-0.4, -0.2) is 36.1 Å². The van der Waals surface area contributed by atoms with Gasteiger partial charge in [-0.15, -0.1) is 0 Å². The van der Waals surface area contributed by atoms with E-state index in [9.17, 15) is 9.59 Å². The molecular weight excluding hydrogens is 376 g/mol. The highest BCUT2D eigenvalue weighted by molar-refractivity contribution is 5.89. The third-order valence-corrected chi connectivity index (χ3v) is 5.80. The minimum absolute atomic E-state index is 0.00124. The number of hydrogen-bond acceptors (Lipinski definition) is 3. The van der Waals surface area contributed by atoms with Crippen LogP contribution in [0.2, 0.25) is 0 Å². The summed E-state index contributed by atoms with van der Waals surface area (Å²) in [5, 5.41) is 0. The van der Waals surface area contributed by atoms with Crippen molar-refractivity contribution in [1.29, 1.82) is 0 Å². The summed E-state index contributed by atoms with van der Waals surface area (Å²) < 4.78 is 4.95. The first-order valence-electron chi connectivity index (χ1n) is 10.5. The molecule has 0 spiro atoms. The third-order valence-electron chi connectivity index (χ3n) is 5.80. The zero-order valence-corrected chi connectivity index (χ0v) is 18.6. The number of carbonyl (C=O) groups excluding carboxylic acids is 2. The lowest BCUT2D eigenvalue weighted by molar-refractivity contribution is -0.132. The summed E-state index contributed by atoms with van der Waals surface area (Å²) >= 11 is 0. The van der Waals surface area contributed by atoms with E-state index in [4.69, 9.17) is 4.74 Å². The lowest BCUT2D eigenvalue weighted by Gasteiger charge is -2.34. The Hall–Kier alpha value is -2.82. The Morgan fingerprint density at radius 3 is 2.33 bits per heavy atom. The van der Waals surface area contributed by atoms with E-state index in [2.05, 4.69) is 19.1 Å². The topological polar surface area (TPSA) is 49.9 Å². The van der Waals surface area contributed by atoms with Crippen LogP contribution >= 0.6 is 0 Å². The van der Waals surface area contributed by atoms with E-state index in [1.54, 1.807) is 4.90 Å². The number of benzene rings is 2. The molecule has 160 valence electrons.